The molecule has 0 fully saturated rings. The van der Waals surface area contributed by atoms with Gasteiger partial charge in [-0.3, -0.25) is 0 Å². The van der Waals surface area contributed by atoms with Crippen molar-refractivity contribution in [3.05, 3.63) is 57.5 Å². The molecule has 0 saturated carbocycles. The number of benzene rings is 1. The van der Waals surface area contributed by atoms with Crippen molar-refractivity contribution < 1.29 is 4.42 Å². The molecule has 0 bridgehead atoms. The van der Waals surface area contributed by atoms with E-state index in [4.69, 9.17) is 27.6 Å². The van der Waals surface area contributed by atoms with Gasteiger partial charge < -0.3 is 9.73 Å². The fourth-order valence-electron chi connectivity index (χ4n) is 2.15. The molecular formula is C16H19Cl2NO. The predicted molar refractivity (Wildman–Crippen MR) is 84.6 cm³/mol. The lowest BCUT2D eigenvalue weighted by molar-refractivity contribution is 0.411. The van der Waals surface area contributed by atoms with Gasteiger partial charge >= 0.3 is 0 Å². The molecule has 0 saturated heterocycles. The van der Waals surface area contributed by atoms with E-state index in [1.54, 1.807) is 6.07 Å². The van der Waals surface area contributed by atoms with Gasteiger partial charge in [0.1, 0.15) is 5.76 Å². The summed E-state index contributed by atoms with van der Waals surface area (Å²) in [7, 11) is 0. The van der Waals surface area contributed by atoms with E-state index in [2.05, 4.69) is 24.4 Å². The maximum Gasteiger partial charge on any atom is 0.193 e. The Morgan fingerprint density at radius 1 is 1.20 bits per heavy atom. The maximum atomic E-state index is 6.32. The Kier molecular flexibility index (Phi) is 5.53. The monoisotopic (exact) mass is 311 g/mol. The zero-order valence-corrected chi connectivity index (χ0v) is 13.3. The molecule has 1 N–H and O–H groups in total. The van der Waals surface area contributed by atoms with E-state index >= 15 is 0 Å². The van der Waals surface area contributed by atoms with Crippen molar-refractivity contribution in [1.29, 1.82) is 0 Å². The average molecular weight is 312 g/mol. The van der Waals surface area contributed by atoms with Crippen molar-refractivity contribution in [2.24, 2.45) is 0 Å². The third-order valence-electron chi connectivity index (χ3n) is 3.21. The van der Waals surface area contributed by atoms with E-state index in [1.165, 1.54) is 0 Å². The molecule has 2 nitrogen and oxygen atoms in total. The first-order valence-corrected chi connectivity index (χ1v) is 7.59. The lowest BCUT2D eigenvalue weighted by Crippen LogP contribution is -2.23. The molecule has 0 aliphatic carbocycles. The Hall–Kier alpha value is -0.960. The van der Waals surface area contributed by atoms with Crippen molar-refractivity contribution in [2.45, 2.75) is 32.7 Å². The minimum absolute atomic E-state index is 0.0858. The molecule has 0 amide bonds. The molecule has 1 atom stereocenters. The minimum atomic E-state index is 0.0858. The quantitative estimate of drug-likeness (QED) is 0.795. The summed E-state index contributed by atoms with van der Waals surface area (Å²) < 4.78 is 5.54. The summed E-state index contributed by atoms with van der Waals surface area (Å²) in [6.45, 7) is 5.10. The van der Waals surface area contributed by atoms with Crippen LogP contribution in [0.1, 0.15) is 36.3 Å². The number of nitrogens with one attached hydrogen (secondary N) is 1. The lowest BCUT2D eigenvalue weighted by atomic mass is 10.0. The first kappa shape index (κ1) is 15.4. The summed E-state index contributed by atoms with van der Waals surface area (Å²) in [5.74, 6) is 0.847. The molecule has 1 aromatic heterocycles. The molecule has 0 aliphatic rings. The normalized spacial score (nSPS) is 12.6. The Labute approximate surface area is 130 Å². The lowest BCUT2D eigenvalue weighted by Gasteiger charge is -2.17. The molecule has 0 aliphatic heterocycles. The van der Waals surface area contributed by atoms with Crippen LogP contribution in [0.2, 0.25) is 10.2 Å². The van der Waals surface area contributed by atoms with E-state index < -0.39 is 0 Å². The van der Waals surface area contributed by atoms with Crippen molar-refractivity contribution in [1.82, 2.24) is 5.32 Å². The van der Waals surface area contributed by atoms with Crippen LogP contribution < -0.4 is 5.32 Å². The third kappa shape index (κ3) is 4.02. The molecule has 108 valence electrons. The van der Waals surface area contributed by atoms with Crippen LogP contribution in [0.15, 0.2) is 34.7 Å². The molecule has 0 radical (unpaired) electrons. The highest BCUT2D eigenvalue weighted by Gasteiger charge is 2.17. The van der Waals surface area contributed by atoms with Crippen LogP contribution in [-0.4, -0.2) is 6.54 Å². The average Bonchev–Trinajstić information content (AvgIpc) is 2.83. The second kappa shape index (κ2) is 7.16. The van der Waals surface area contributed by atoms with Crippen molar-refractivity contribution in [3.63, 3.8) is 0 Å². The van der Waals surface area contributed by atoms with Gasteiger partial charge in [0.05, 0.1) is 6.04 Å². The van der Waals surface area contributed by atoms with Crippen LogP contribution >= 0.6 is 23.2 Å². The van der Waals surface area contributed by atoms with E-state index in [0.717, 1.165) is 41.3 Å². The molecule has 1 unspecified atom stereocenters. The molecule has 1 heterocycles. The van der Waals surface area contributed by atoms with Crippen LogP contribution in [0.5, 0.6) is 0 Å². The highest BCUT2D eigenvalue weighted by Crippen LogP contribution is 2.27. The van der Waals surface area contributed by atoms with Gasteiger partial charge in [0.15, 0.2) is 5.22 Å². The van der Waals surface area contributed by atoms with E-state index in [9.17, 15) is 0 Å². The van der Waals surface area contributed by atoms with Crippen LogP contribution in [0.25, 0.3) is 0 Å². The van der Waals surface area contributed by atoms with Crippen molar-refractivity contribution in [2.75, 3.05) is 6.54 Å². The summed E-state index contributed by atoms with van der Waals surface area (Å²) in [6.07, 6.45) is 1.84. The molecule has 1 aromatic carbocycles. The van der Waals surface area contributed by atoms with Crippen LogP contribution in [0, 0.1) is 6.92 Å². The molecule has 2 aromatic rings. The highest BCUT2D eigenvalue weighted by molar-refractivity contribution is 6.31. The Bertz CT molecular complexity index is 565. The van der Waals surface area contributed by atoms with Gasteiger partial charge in [-0.15, -0.1) is 0 Å². The molecular weight excluding hydrogens is 293 g/mol. The van der Waals surface area contributed by atoms with Crippen molar-refractivity contribution in [3.8, 4) is 0 Å². The summed E-state index contributed by atoms with van der Waals surface area (Å²) in [4.78, 5) is 0. The van der Waals surface area contributed by atoms with E-state index in [0.29, 0.717) is 5.22 Å². The molecule has 4 heteroatoms. The number of hydrogen-bond donors (Lipinski definition) is 1. The fraction of sp³-hybridized carbons (Fsp3) is 0.375. The van der Waals surface area contributed by atoms with Gasteiger partial charge in [-0.25, -0.2) is 0 Å². The van der Waals surface area contributed by atoms with Gasteiger partial charge in [-0.05, 0) is 67.2 Å². The third-order valence-corrected chi connectivity index (χ3v) is 3.77. The SMILES string of the molecule is CCCNC(Cc1ccc(C)cc1Cl)c1ccc(Cl)o1. The summed E-state index contributed by atoms with van der Waals surface area (Å²) in [5, 5.41) is 4.69. The number of aryl methyl sites for hydroxylation is 1. The zero-order valence-electron chi connectivity index (χ0n) is 11.7. The number of halogens is 2. The Balaban J connectivity index is 2.18. The molecule has 2 rings (SSSR count). The number of furan rings is 1. The summed E-state index contributed by atoms with van der Waals surface area (Å²) in [6, 6.07) is 9.91. The van der Waals surface area contributed by atoms with Crippen LogP contribution in [0.4, 0.5) is 0 Å². The Morgan fingerprint density at radius 3 is 2.60 bits per heavy atom. The zero-order chi connectivity index (χ0) is 14.5. The van der Waals surface area contributed by atoms with Crippen LogP contribution in [0.3, 0.4) is 0 Å². The molecule has 20 heavy (non-hydrogen) atoms. The van der Waals surface area contributed by atoms with Crippen molar-refractivity contribution >= 4 is 23.2 Å². The van der Waals surface area contributed by atoms with Gasteiger partial charge in [-0.1, -0.05) is 30.7 Å². The number of rotatable bonds is 6. The first-order valence-electron chi connectivity index (χ1n) is 6.83. The van der Waals surface area contributed by atoms with Crippen LogP contribution in [-0.2, 0) is 6.42 Å². The predicted octanol–water partition coefficient (Wildman–Crippen LogP) is 5.18. The first-order chi connectivity index (χ1) is 9.60. The fourth-order valence-corrected chi connectivity index (χ4v) is 2.61. The van der Waals surface area contributed by atoms with E-state index in [1.807, 2.05) is 19.1 Å². The standard InChI is InChI=1S/C16H19Cl2NO/c1-3-8-19-14(15-6-7-16(18)20-15)10-12-5-4-11(2)9-13(12)17/h4-7,9,14,19H,3,8,10H2,1-2H3. The summed E-state index contributed by atoms with van der Waals surface area (Å²) >= 11 is 12.2. The van der Waals surface area contributed by atoms with Gasteiger partial charge in [-0.2, -0.15) is 0 Å². The number of hydrogen-bond acceptors (Lipinski definition) is 2. The maximum absolute atomic E-state index is 6.32. The minimum Gasteiger partial charge on any atom is -0.448 e. The topological polar surface area (TPSA) is 25.2 Å². The Morgan fingerprint density at radius 2 is 2.00 bits per heavy atom. The second-order valence-corrected chi connectivity index (χ2v) is 5.73. The van der Waals surface area contributed by atoms with Gasteiger partial charge in [0.2, 0.25) is 0 Å². The second-order valence-electron chi connectivity index (χ2n) is 4.95. The highest BCUT2D eigenvalue weighted by atomic mass is 35.5. The molecule has 0 spiro atoms. The largest absolute Gasteiger partial charge is 0.448 e. The smallest absolute Gasteiger partial charge is 0.193 e. The van der Waals surface area contributed by atoms with Gasteiger partial charge in [0.25, 0.3) is 0 Å². The van der Waals surface area contributed by atoms with Gasteiger partial charge in [0, 0.05) is 5.02 Å². The van der Waals surface area contributed by atoms with E-state index in [-0.39, 0.29) is 6.04 Å². The summed E-state index contributed by atoms with van der Waals surface area (Å²) in [5.41, 5.74) is 2.27.